The minimum absolute atomic E-state index is 0.111. The molecule has 3 aromatic carbocycles. The van der Waals surface area contributed by atoms with Crippen molar-refractivity contribution in [1.82, 2.24) is 10.3 Å². The number of methoxy groups -OCH3 is 2. The molecule has 0 radical (unpaired) electrons. The van der Waals surface area contributed by atoms with Crippen LogP contribution in [0.2, 0.25) is 0 Å². The maximum absolute atomic E-state index is 13.2. The largest absolute Gasteiger partial charge is 0.493 e. The number of fused-ring (bicyclic) bond motifs is 1. The van der Waals surface area contributed by atoms with Crippen LogP contribution in [0.4, 0.5) is 0 Å². The number of ether oxygens (including phenoxy) is 2. The van der Waals surface area contributed by atoms with Gasteiger partial charge in [-0.05, 0) is 42.7 Å². The van der Waals surface area contributed by atoms with Crippen molar-refractivity contribution in [3.8, 4) is 22.8 Å². The van der Waals surface area contributed by atoms with E-state index < -0.39 is 0 Å². The molecule has 1 heterocycles. The van der Waals surface area contributed by atoms with Gasteiger partial charge in [-0.15, -0.1) is 0 Å². The molecule has 0 aliphatic rings. The number of aryl methyl sites for hydroxylation is 1. The highest BCUT2D eigenvalue weighted by molar-refractivity contribution is 6.07. The van der Waals surface area contributed by atoms with Crippen molar-refractivity contribution in [3.63, 3.8) is 0 Å². The van der Waals surface area contributed by atoms with Gasteiger partial charge in [-0.3, -0.25) is 4.79 Å². The minimum Gasteiger partial charge on any atom is -0.493 e. The van der Waals surface area contributed by atoms with Gasteiger partial charge in [0.1, 0.15) is 0 Å². The number of hydrogen-bond donors (Lipinski definition) is 1. The van der Waals surface area contributed by atoms with Crippen molar-refractivity contribution in [2.75, 3.05) is 20.8 Å². The zero-order chi connectivity index (χ0) is 22.5. The smallest absolute Gasteiger partial charge is 0.252 e. The van der Waals surface area contributed by atoms with Crippen LogP contribution in [0, 0.1) is 6.92 Å². The fourth-order valence-electron chi connectivity index (χ4n) is 3.79. The molecule has 0 unspecified atom stereocenters. The fourth-order valence-corrected chi connectivity index (χ4v) is 3.79. The summed E-state index contributed by atoms with van der Waals surface area (Å²) >= 11 is 0. The van der Waals surface area contributed by atoms with Crippen molar-refractivity contribution in [2.24, 2.45) is 0 Å². The highest BCUT2D eigenvalue weighted by Crippen LogP contribution is 2.28. The van der Waals surface area contributed by atoms with E-state index in [4.69, 9.17) is 14.5 Å². The third-order valence-electron chi connectivity index (χ3n) is 5.50. The van der Waals surface area contributed by atoms with E-state index in [1.165, 1.54) is 0 Å². The van der Waals surface area contributed by atoms with Crippen LogP contribution in [-0.4, -0.2) is 31.7 Å². The topological polar surface area (TPSA) is 60.5 Å². The number of benzene rings is 3. The Morgan fingerprint density at radius 2 is 1.69 bits per heavy atom. The predicted molar refractivity (Wildman–Crippen MR) is 127 cm³/mol. The van der Waals surface area contributed by atoms with E-state index in [1.54, 1.807) is 14.2 Å². The lowest BCUT2D eigenvalue weighted by Crippen LogP contribution is -2.26. The number of carbonyl (C=O) groups excluding carboxylic acids is 1. The number of carbonyl (C=O) groups is 1. The number of rotatable bonds is 7. The summed E-state index contributed by atoms with van der Waals surface area (Å²) in [4.78, 5) is 18.0. The third kappa shape index (κ3) is 4.42. The van der Waals surface area contributed by atoms with Crippen molar-refractivity contribution in [1.29, 1.82) is 0 Å². The Morgan fingerprint density at radius 3 is 2.44 bits per heavy atom. The lowest BCUT2D eigenvalue weighted by Gasteiger charge is -2.13. The van der Waals surface area contributed by atoms with Crippen molar-refractivity contribution >= 4 is 16.8 Å². The average molecular weight is 427 g/mol. The first-order valence-electron chi connectivity index (χ1n) is 10.6. The first-order valence-corrected chi connectivity index (χ1v) is 10.6. The Hall–Kier alpha value is -3.86. The number of amides is 1. The first-order chi connectivity index (χ1) is 15.6. The van der Waals surface area contributed by atoms with Crippen LogP contribution in [0.1, 0.15) is 21.5 Å². The summed E-state index contributed by atoms with van der Waals surface area (Å²) in [6.45, 7) is 2.52. The molecule has 0 saturated carbocycles. The molecule has 5 heteroatoms. The predicted octanol–water partition coefficient (Wildman–Crippen LogP) is 5.20. The van der Waals surface area contributed by atoms with Gasteiger partial charge >= 0.3 is 0 Å². The molecule has 1 amide bonds. The molecule has 0 spiro atoms. The van der Waals surface area contributed by atoms with Crippen LogP contribution < -0.4 is 14.8 Å². The van der Waals surface area contributed by atoms with E-state index in [0.29, 0.717) is 30.0 Å². The second-order valence-corrected chi connectivity index (χ2v) is 7.59. The number of nitrogens with one attached hydrogen (secondary N) is 1. The van der Waals surface area contributed by atoms with Crippen LogP contribution in [-0.2, 0) is 6.42 Å². The summed E-state index contributed by atoms with van der Waals surface area (Å²) in [6, 6.07) is 23.5. The van der Waals surface area contributed by atoms with Gasteiger partial charge in [-0.25, -0.2) is 4.98 Å². The standard InChI is InChI=1S/C27H26N2O3/c1-18-8-7-11-21-22(17-23(29-26(18)21)20-9-5-4-6-10-20)27(30)28-15-14-19-12-13-24(31-2)25(16-19)32-3/h4-13,16-17H,14-15H2,1-3H3,(H,28,30). The summed E-state index contributed by atoms with van der Waals surface area (Å²) < 4.78 is 10.7. The van der Waals surface area contributed by atoms with Gasteiger partial charge in [-0.2, -0.15) is 0 Å². The van der Waals surface area contributed by atoms with E-state index >= 15 is 0 Å². The molecule has 0 bridgehead atoms. The maximum Gasteiger partial charge on any atom is 0.252 e. The molecule has 1 N–H and O–H groups in total. The van der Waals surface area contributed by atoms with Crippen LogP contribution in [0.25, 0.3) is 22.2 Å². The number of aromatic nitrogens is 1. The summed E-state index contributed by atoms with van der Waals surface area (Å²) in [5, 5.41) is 3.92. The molecule has 0 atom stereocenters. The number of nitrogens with zero attached hydrogens (tertiary/aromatic N) is 1. The summed E-state index contributed by atoms with van der Waals surface area (Å²) in [5.74, 6) is 1.26. The molecule has 162 valence electrons. The van der Waals surface area contributed by atoms with E-state index in [1.807, 2.05) is 79.7 Å². The molecular weight excluding hydrogens is 400 g/mol. The monoisotopic (exact) mass is 426 g/mol. The Bertz CT molecular complexity index is 1250. The SMILES string of the molecule is COc1ccc(CCNC(=O)c2cc(-c3ccccc3)nc3c(C)cccc23)cc1OC. The normalized spacial score (nSPS) is 10.7. The van der Waals surface area contributed by atoms with Gasteiger partial charge in [0.05, 0.1) is 31.0 Å². The molecule has 1 aromatic heterocycles. The molecule has 4 aromatic rings. The van der Waals surface area contributed by atoms with Gasteiger partial charge in [0, 0.05) is 17.5 Å². The van der Waals surface area contributed by atoms with Crippen LogP contribution in [0.5, 0.6) is 11.5 Å². The third-order valence-corrected chi connectivity index (χ3v) is 5.50. The second-order valence-electron chi connectivity index (χ2n) is 7.59. The average Bonchev–Trinajstić information content (AvgIpc) is 2.84. The van der Waals surface area contributed by atoms with Gasteiger partial charge in [-0.1, -0.05) is 54.6 Å². The highest BCUT2D eigenvalue weighted by Gasteiger charge is 2.15. The molecule has 4 rings (SSSR count). The van der Waals surface area contributed by atoms with E-state index in [9.17, 15) is 4.79 Å². The van der Waals surface area contributed by atoms with Crippen LogP contribution in [0.3, 0.4) is 0 Å². The van der Waals surface area contributed by atoms with E-state index in [2.05, 4.69) is 5.32 Å². The highest BCUT2D eigenvalue weighted by atomic mass is 16.5. The molecule has 32 heavy (non-hydrogen) atoms. The summed E-state index contributed by atoms with van der Waals surface area (Å²) in [6.07, 6.45) is 0.680. The molecule has 0 fully saturated rings. The van der Waals surface area contributed by atoms with Crippen molar-refractivity contribution < 1.29 is 14.3 Å². The molecule has 0 saturated heterocycles. The number of hydrogen-bond acceptors (Lipinski definition) is 4. The van der Waals surface area contributed by atoms with Crippen LogP contribution >= 0.6 is 0 Å². The quantitative estimate of drug-likeness (QED) is 0.441. The molecular formula is C27H26N2O3. The molecule has 0 aliphatic heterocycles. The second kappa shape index (κ2) is 9.52. The fraction of sp³-hybridized carbons (Fsp3) is 0.185. The lowest BCUT2D eigenvalue weighted by atomic mass is 10.0. The molecule has 5 nitrogen and oxygen atoms in total. The Balaban J connectivity index is 1.59. The zero-order valence-corrected chi connectivity index (χ0v) is 18.5. The van der Waals surface area contributed by atoms with Gasteiger partial charge in [0.25, 0.3) is 5.91 Å². The minimum atomic E-state index is -0.111. The first kappa shape index (κ1) is 21.4. The van der Waals surface area contributed by atoms with Crippen molar-refractivity contribution in [3.05, 3.63) is 89.5 Å². The summed E-state index contributed by atoms with van der Waals surface area (Å²) in [5.41, 5.74) is 5.35. The summed E-state index contributed by atoms with van der Waals surface area (Å²) in [7, 11) is 3.23. The molecule has 0 aliphatic carbocycles. The Kier molecular flexibility index (Phi) is 6.36. The number of pyridine rings is 1. The van der Waals surface area contributed by atoms with Gasteiger partial charge < -0.3 is 14.8 Å². The van der Waals surface area contributed by atoms with Crippen molar-refractivity contribution in [2.45, 2.75) is 13.3 Å². The van der Waals surface area contributed by atoms with Gasteiger partial charge in [0.15, 0.2) is 11.5 Å². The number of para-hydroxylation sites is 1. The Labute approximate surface area is 188 Å². The van der Waals surface area contributed by atoms with E-state index in [0.717, 1.165) is 33.3 Å². The zero-order valence-electron chi connectivity index (χ0n) is 18.5. The van der Waals surface area contributed by atoms with Gasteiger partial charge in [0.2, 0.25) is 0 Å². The lowest BCUT2D eigenvalue weighted by molar-refractivity contribution is 0.0955. The Morgan fingerprint density at radius 1 is 0.906 bits per heavy atom. The van der Waals surface area contributed by atoms with E-state index in [-0.39, 0.29) is 5.91 Å². The maximum atomic E-state index is 13.2. The van der Waals surface area contributed by atoms with Crippen LogP contribution in [0.15, 0.2) is 72.8 Å².